The molecule has 0 bridgehead atoms. The summed E-state index contributed by atoms with van der Waals surface area (Å²) >= 11 is 1.28. The van der Waals surface area contributed by atoms with Gasteiger partial charge < -0.3 is 4.42 Å². The van der Waals surface area contributed by atoms with Crippen LogP contribution in [0.2, 0.25) is 0 Å². The van der Waals surface area contributed by atoms with Crippen LogP contribution in [-0.2, 0) is 4.79 Å². The Morgan fingerprint density at radius 3 is 2.75 bits per heavy atom. The number of carbonyl (C=O) groups excluding carboxylic acids is 1. The van der Waals surface area contributed by atoms with Gasteiger partial charge in [-0.15, -0.1) is 15.3 Å². The third kappa shape index (κ3) is 3.80. The van der Waals surface area contributed by atoms with Gasteiger partial charge in [-0.3, -0.25) is 14.7 Å². The minimum atomic E-state index is -0.249. The predicted molar refractivity (Wildman–Crippen MR) is 89.1 cm³/mol. The molecule has 0 aliphatic heterocycles. The van der Waals surface area contributed by atoms with Crippen LogP contribution in [0.3, 0.4) is 0 Å². The van der Waals surface area contributed by atoms with Gasteiger partial charge in [0.15, 0.2) is 5.16 Å². The number of amides is 1. The van der Waals surface area contributed by atoms with E-state index >= 15 is 0 Å². The number of thioether (sulfide) groups is 1. The lowest BCUT2D eigenvalue weighted by Crippen LogP contribution is -2.14. The van der Waals surface area contributed by atoms with Crippen LogP contribution in [0.25, 0.3) is 5.69 Å². The number of hydrogen-bond donors (Lipinski definition) is 1. The molecular formula is C15H16N6O2S. The first-order valence-corrected chi connectivity index (χ1v) is 8.33. The average molecular weight is 344 g/mol. The van der Waals surface area contributed by atoms with E-state index in [4.69, 9.17) is 4.42 Å². The highest BCUT2D eigenvalue weighted by atomic mass is 32.2. The fourth-order valence-corrected chi connectivity index (χ4v) is 2.62. The second-order valence-corrected chi connectivity index (χ2v) is 6.20. The van der Waals surface area contributed by atoms with Crippen LogP contribution in [0.4, 0.5) is 6.01 Å². The molecule has 3 rings (SSSR count). The van der Waals surface area contributed by atoms with E-state index in [0.717, 1.165) is 5.69 Å². The van der Waals surface area contributed by atoms with E-state index in [2.05, 4.69) is 25.7 Å². The average Bonchev–Trinajstić information content (AvgIpc) is 3.23. The number of para-hydroxylation sites is 1. The van der Waals surface area contributed by atoms with Crippen LogP contribution >= 0.6 is 11.8 Å². The monoisotopic (exact) mass is 344 g/mol. The molecule has 2 aromatic heterocycles. The first-order chi connectivity index (χ1) is 11.6. The van der Waals surface area contributed by atoms with E-state index in [1.54, 1.807) is 6.33 Å². The normalized spacial score (nSPS) is 11.0. The molecule has 3 aromatic rings. The molecule has 24 heavy (non-hydrogen) atoms. The van der Waals surface area contributed by atoms with Crippen LogP contribution < -0.4 is 5.32 Å². The van der Waals surface area contributed by atoms with Crippen molar-refractivity contribution in [3.63, 3.8) is 0 Å². The third-order valence-corrected chi connectivity index (χ3v) is 4.01. The van der Waals surface area contributed by atoms with Gasteiger partial charge in [-0.1, -0.05) is 48.9 Å². The molecule has 1 amide bonds. The molecule has 8 nitrogen and oxygen atoms in total. The lowest BCUT2D eigenvalue weighted by Gasteiger charge is -2.05. The fraction of sp³-hybridized carbons (Fsp3) is 0.267. The Morgan fingerprint density at radius 1 is 1.25 bits per heavy atom. The summed E-state index contributed by atoms with van der Waals surface area (Å²) in [4.78, 5) is 12.0. The second-order valence-electron chi connectivity index (χ2n) is 5.26. The Morgan fingerprint density at radius 2 is 2.04 bits per heavy atom. The number of carbonyl (C=O) groups is 1. The number of nitrogens with one attached hydrogen (secondary N) is 1. The summed E-state index contributed by atoms with van der Waals surface area (Å²) in [6.45, 7) is 3.87. The fourth-order valence-electron chi connectivity index (χ4n) is 1.89. The highest BCUT2D eigenvalue weighted by Crippen LogP contribution is 2.20. The number of benzene rings is 1. The van der Waals surface area contributed by atoms with Crippen molar-refractivity contribution in [2.45, 2.75) is 24.9 Å². The van der Waals surface area contributed by atoms with Gasteiger partial charge in [-0.2, -0.15) is 0 Å². The summed E-state index contributed by atoms with van der Waals surface area (Å²) in [5.41, 5.74) is 0.934. The van der Waals surface area contributed by atoms with Gasteiger partial charge >= 0.3 is 6.01 Å². The molecule has 0 atom stereocenters. The van der Waals surface area contributed by atoms with E-state index in [0.29, 0.717) is 11.0 Å². The largest absolute Gasteiger partial charge is 0.408 e. The van der Waals surface area contributed by atoms with E-state index in [1.807, 2.05) is 48.7 Å². The summed E-state index contributed by atoms with van der Waals surface area (Å²) in [5, 5.41) is 18.8. The van der Waals surface area contributed by atoms with Crippen molar-refractivity contribution in [3.05, 3.63) is 42.5 Å². The maximum atomic E-state index is 12.0. The van der Waals surface area contributed by atoms with Gasteiger partial charge in [0, 0.05) is 11.6 Å². The molecule has 0 spiro atoms. The number of rotatable bonds is 6. The maximum Gasteiger partial charge on any atom is 0.322 e. The summed E-state index contributed by atoms with van der Waals surface area (Å²) in [6, 6.07) is 9.79. The zero-order valence-corrected chi connectivity index (χ0v) is 14.0. The van der Waals surface area contributed by atoms with Crippen LogP contribution in [0.5, 0.6) is 0 Å². The van der Waals surface area contributed by atoms with Gasteiger partial charge in [0.05, 0.1) is 5.75 Å². The number of anilines is 1. The van der Waals surface area contributed by atoms with Gasteiger partial charge in [0.2, 0.25) is 11.8 Å². The molecule has 124 valence electrons. The lowest BCUT2D eigenvalue weighted by molar-refractivity contribution is -0.113. The number of nitrogens with zero attached hydrogens (tertiary/aromatic N) is 5. The SMILES string of the molecule is CC(C)c1nnc(NC(=O)CSc2nncn2-c2ccccc2)o1. The molecule has 0 aliphatic carbocycles. The van der Waals surface area contributed by atoms with Crippen LogP contribution in [0.15, 0.2) is 46.2 Å². The Bertz CT molecular complexity index is 814. The van der Waals surface area contributed by atoms with Gasteiger partial charge in [-0.25, -0.2) is 0 Å². The molecule has 0 aliphatic rings. The van der Waals surface area contributed by atoms with Crippen molar-refractivity contribution < 1.29 is 9.21 Å². The molecule has 0 unspecified atom stereocenters. The van der Waals surface area contributed by atoms with Crippen molar-refractivity contribution in [3.8, 4) is 5.69 Å². The van der Waals surface area contributed by atoms with E-state index in [1.165, 1.54) is 11.8 Å². The summed E-state index contributed by atoms with van der Waals surface area (Å²) < 4.78 is 7.17. The Kier molecular flexibility index (Phi) is 4.90. The van der Waals surface area contributed by atoms with E-state index < -0.39 is 0 Å². The standard InChI is InChI=1S/C15H16N6O2S/c1-10(2)13-18-19-14(23-13)17-12(22)8-24-15-20-16-9-21(15)11-6-4-3-5-7-11/h3-7,9-10H,8H2,1-2H3,(H,17,19,22). The third-order valence-electron chi connectivity index (χ3n) is 3.06. The van der Waals surface area contributed by atoms with Crippen molar-refractivity contribution in [2.24, 2.45) is 0 Å². The molecule has 0 fully saturated rings. The van der Waals surface area contributed by atoms with Crippen molar-refractivity contribution in [2.75, 3.05) is 11.1 Å². The Labute approximate surface area is 142 Å². The maximum absolute atomic E-state index is 12.0. The zero-order valence-electron chi connectivity index (χ0n) is 13.2. The minimum Gasteiger partial charge on any atom is -0.408 e. The summed E-state index contributed by atoms with van der Waals surface area (Å²) in [6.07, 6.45) is 1.61. The van der Waals surface area contributed by atoms with E-state index in [-0.39, 0.29) is 23.6 Å². The summed E-state index contributed by atoms with van der Waals surface area (Å²) in [7, 11) is 0. The number of hydrogen-bond acceptors (Lipinski definition) is 7. The lowest BCUT2D eigenvalue weighted by atomic mass is 10.2. The Balaban J connectivity index is 1.60. The van der Waals surface area contributed by atoms with Crippen molar-refractivity contribution in [1.29, 1.82) is 0 Å². The quantitative estimate of drug-likeness (QED) is 0.686. The molecule has 0 saturated carbocycles. The molecule has 1 aromatic carbocycles. The molecular weight excluding hydrogens is 328 g/mol. The van der Waals surface area contributed by atoms with Crippen LogP contribution in [-0.4, -0.2) is 36.6 Å². The molecule has 0 radical (unpaired) electrons. The van der Waals surface area contributed by atoms with Gasteiger partial charge in [-0.05, 0) is 12.1 Å². The van der Waals surface area contributed by atoms with Crippen molar-refractivity contribution in [1.82, 2.24) is 25.0 Å². The van der Waals surface area contributed by atoms with Gasteiger partial charge in [0.1, 0.15) is 6.33 Å². The minimum absolute atomic E-state index is 0.105. The van der Waals surface area contributed by atoms with Crippen molar-refractivity contribution >= 4 is 23.7 Å². The smallest absolute Gasteiger partial charge is 0.322 e. The van der Waals surface area contributed by atoms with Crippen LogP contribution in [0.1, 0.15) is 25.7 Å². The second kappa shape index (κ2) is 7.26. The molecule has 2 heterocycles. The predicted octanol–water partition coefficient (Wildman–Crippen LogP) is 2.50. The summed E-state index contributed by atoms with van der Waals surface area (Å²) in [5.74, 6) is 0.510. The Hall–Kier alpha value is -2.68. The van der Waals surface area contributed by atoms with E-state index in [9.17, 15) is 4.79 Å². The first-order valence-electron chi connectivity index (χ1n) is 7.35. The highest BCUT2D eigenvalue weighted by Gasteiger charge is 2.14. The number of aromatic nitrogens is 5. The highest BCUT2D eigenvalue weighted by molar-refractivity contribution is 7.99. The molecule has 9 heteroatoms. The van der Waals surface area contributed by atoms with Crippen LogP contribution in [0, 0.1) is 0 Å². The topological polar surface area (TPSA) is 98.7 Å². The molecule has 1 N–H and O–H groups in total. The first kappa shape index (κ1) is 16.2. The molecule has 0 saturated heterocycles. The zero-order chi connectivity index (χ0) is 16.9. The van der Waals surface area contributed by atoms with Gasteiger partial charge in [0.25, 0.3) is 0 Å².